The molecule has 0 saturated carbocycles. The van der Waals surface area contributed by atoms with Crippen molar-refractivity contribution in [3.8, 4) is 0 Å². The van der Waals surface area contributed by atoms with E-state index in [-0.39, 0.29) is 18.0 Å². The number of hydrogen-bond acceptors (Lipinski definition) is 2. The number of hydrogen-bond donors (Lipinski definition) is 0. The second-order valence-electron chi connectivity index (χ2n) is 4.51. The van der Waals surface area contributed by atoms with E-state index in [2.05, 4.69) is 20.8 Å². The van der Waals surface area contributed by atoms with E-state index in [4.69, 9.17) is 4.74 Å². The maximum absolute atomic E-state index is 11.5. The molecule has 5 unspecified atom stereocenters. The summed E-state index contributed by atoms with van der Waals surface area (Å²) < 4.78 is 5.34. The third-order valence-corrected chi connectivity index (χ3v) is 3.86. The molecule has 0 aromatic carbocycles. The Morgan fingerprint density at radius 2 is 1.46 bits per heavy atom. The highest BCUT2D eigenvalue weighted by atomic mass is 16.5. The second-order valence-corrected chi connectivity index (χ2v) is 4.51. The van der Waals surface area contributed by atoms with Crippen LogP contribution in [0.25, 0.3) is 0 Å². The molecule has 0 N–H and O–H groups in total. The van der Waals surface area contributed by atoms with E-state index in [0.717, 1.165) is 0 Å². The molecule has 1 saturated heterocycles. The van der Waals surface area contributed by atoms with Gasteiger partial charge < -0.3 is 4.74 Å². The lowest BCUT2D eigenvalue weighted by Gasteiger charge is -2.25. The van der Waals surface area contributed by atoms with E-state index in [1.807, 2.05) is 13.8 Å². The van der Waals surface area contributed by atoms with Crippen molar-refractivity contribution in [1.29, 1.82) is 0 Å². The molecule has 0 aromatic rings. The number of ether oxygens (including phenoxy) is 1. The van der Waals surface area contributed by atoms with Crippen molar-refractivity contribution in [2.45, 2.75) is 40.7 Å². The molecule has 0 aliphatic carbocycles. The molecular weight excluding hydrogens is 164 g/mol. The summed E-state index contributed by atoms with van der Waals surface area (Å²) in [6, 6.07) is 0. The highest BCUT2D eigenvalue weighted by Crippen LogP contribution is 2.34. The van der Waals surface area contributed by atoms with Crippen LogP contribution in [0.4, 0.5) is 0 Å². The fourth-order valence-corrected chi connectivity index (χ4v) is 1.97. The van der Waals surface area contributed by atoms with Gasteiger partial charge in [0.25, 0.3) is 0 Å². The second kappa shape index (κ2) is 3.69. The average Bonchev–Trinajstić information content (AvgIpc) is 2.15. The SMILES string of the molecule is CC1OC(=O)C(C)C(C)C(C)C1C. The van der Waals surface area contributed by atoms with E-state index < -0.39 is 0 Å². The van der Waals surface area contributed by atoms with Gasteiger partial charge in [-0.3, -0.25) is 4.79 Å². The van der Waals surface area contributed by atoms with Crippen LogP contribution in [0, 0.1) is 23.7 Å². The van der Waals surface area contributed by atoms with Gasteiger partial charge in [0.15, 0.2) is 0 Å². The summed E-state index contributed by atoms with van der Waals surface area (Å²) in [6.45, 7) is 10.5. The highest BCUT2D eigenvalue weighted by Gasteiger charge is 2.36. The van der Waals surface area contributed by atoms with Crippen molar-refractivity contribution < 1.29 is 9.53 Å². The van der Waals surface area contributed by atoms with Crippen LogP contribution in [-0.2, 0) is 9.53 Å². The summed E-state index contributed by atoms with van der Waals surface area (Å²) in [5.41, 5.74) is 0. The van der Waals surface area contributed by atoms with Gasteiger partial charge in [-0.15, -0.1) is 0 Å². The number of carbonyl (C=O) groups is 1. The third-order valence-electron chi connectivity index (χ3n) is 3.86. The summed E-state index contributed by atoms with van der Waals surface area (Å²) >= 11 is 0. The van der Waals surface area contributed by atoms with Crippen LogP contribution in [0.5, 0.6) is 0 Å². The Labute approximate surface area is 80.7 Å². The zero-order valence-corrected chi connectivity index (χ0v) is 9.20. The van der Waals surface area contributed by atoms with Gasteiger partial charge in [-0.25, -0.2) is 0 Å². The predicted molar refractivity (Wildman–Crippen MR) is 52.2 cm³/mol. The van der Waals surface area contributed by atoms with Crippen LogP contribution in [0.1, 0.15) is 34.6 Å². The van der Waals surface area contributed by atoms with Gasteiger partial charge in [-0.2, -0.15) is 0 Å². The molecule has 0 amide bonds. The molecule has 1 heterocycles. The van der Waals surface area contributed by atoms with Crippen LogP contribution in [0.3, 0.4) is 0 Å². The van der Waals surface area contributed by atoms with Crippen LogP contribution < -0.4 is 0 Å². The number of carbonyl (C=O) groups excluding carboxylic acids is 1. The van der Waals surface area contributed by atoms with E-state index in [0.29, 0.717) is 17.8 Å². The van der Waals surface area contributed by atoms with Gasteiger partial charge in [0.1, 0.15) is 6.10 Å². The number of cyclic esters (lactones) is 1. The summed E-state index contributed by atoms with van der Waals surface area (Å²) in [4.78, 5) is 11.5. The largest absolute Gasteiger partial charge is 0.462 e. The zero-order chi connectivity index (χ0) is 10.2. The van der Waals surface area contributed by atoms with Crippen LogP contribution in [0.15, 0.2) is 0 Å². The Bertz CT molecular complexity index is 200. The standard InChI is InChI=1S/C11H20O2/c1-6-7(2)9(4)11(12)13-10(5)8(6)3/h6-10H,1-5H3. The van der Waals surface area contributed by atoms with Crippen LogP contribution in [0.2, 0.25) is 0 Å². The molecule has 1 aliphatic heterocycles. The Balaban J connectivity index is 2.85. The van der Waals surface area contributed by atoms with Crippen molar-refractivity contribution in [2.75, 3.05) is 0 Å². The van der Waals surface area contributed by atoms with E-state index in [1.165, 1.54) is 0 Å². The zero-order valence-electron chi connectivity index (χ0n) is 9.20. The molecule has 1 aliphatic rings. The normalized spacial score (nSPS) is 46.8. The molecule has 0 radical (unpaired) electrons. The molecule has 13 heavy (non-hydrogen) atoms. The lowest BCUT2D eigenvalue weighted by Crippen LogP contribution is -2.24. The van der Waals surface area contributed by atoms with E-state index in [1.54, 1.807) is 0 Å². The first-order chi connectivity index (χ1) is 5.95. The molecule has 2 heteroatoms. The van der Waals surface area contributed by atoms with E-state index >= 15 is 0 Å². The Hall–Kier alpha value is -0.530. The Kier molecular flexibility index (Phi) is 2.99. The van der Waals surface area contributed by atoms with Gasteiger partial charge in [0.2, 0.25) is 0 Å². The lowest BCUT2D eigenvalue weighted by molar-refractivity contribution is -0.153. The molecule has 76 valence electrons. The third kappa shape index (κ3) is 1.87. The number of rotatable bonds is 0. The Morgan fingerprint density at radius 3 is 2.00 bits per heavy atom. The summed E-state index contributed by atoms with van der Waals surface area (Å²) in [7, 11) is 0. The smallest absolute Gasteiger partial charge is 0.309 e. The maximum atomic E-state index is 11.5. The topological polar surface area (TPSA) is 26.3 Å². The predicted octanol–water partition coefficient (Wildman–Crippen LogP) is 2.48. The minimum absolute atomic E-state index is 0.0313. The summed E-state index contributed by atoms with van der Waals surface area (Å²) in [5.74, 6) is 1.45. The van der Waals surface area contributed by atoms with Gasteiger partial charge in [-0.05, 0) is 24.7 Å². The molecule has 0 aromatic heterocycles. The van der Waals surface area contributed by atoms with Crippen molar-refractivity contribution in [2.24, 2.45) is 23.7 Å². The monoisotopic (exact) mass is 184 g/mol. The van der Waals surface area contributed by atoms with Gasteiger partial charge in [0, 0.05) is 0 Å². The minimum Gasteiger partial charge on any atom is -0.462 e. The Morgan fingerprint density at radius 1 is 0.923 bits per heavy atom. The minimum atomic E-state index is -0.0313. The molecule has 2 nitrogen and oxygen atoms in total. The lowest BCUT2D eigenvalue weighted by atomic mass is 9.78. The summed E-state index contributed by atoms with van der Waals surface area (Å²) in [6.07, 6.45) is 0.0647. The molecule has 5 atom stereocenters. The van der Waals surface area contributed by atoms with Crippen LogP contribution >= 0.6 is 0 Å². The van der Waals surface area contributed by atoms with Gasteiger partial charge in [0.05, 0.1) is 5.92 Å². The van der Waals surface area contributed by atoms with Gasteiger partial charge in [-0.1, -0.05) is 27.7 Å². The van der Waals surface area contributed by atoms with Crippen molar-refractivity contribution in [3.05, 3.63) is 0 Å². The maximum Gasteiger partial charge on any atom is 0.309 e. The van der Waals surface area contributed by atoms with Crippen LogP contribution in [-0.4, -0.2) is 12.1 Å². The van der Waals surface area contributed by atoms with E-state index in [9.17, 15) is 4.79 Å². The fourth-order valence-electron chi connectivity index (χ4n) is 1.97. The summed E-state index contributed by atoms with van der Waals surface area (Å²) in [5, 5.41) is 0. The first-order valence-electron chi connectivity index (χ1n) is 5.15. The molecule has 1 rings (SSSR count). The van der Waals surface area contributed by atoms with Crippen molar-refractivity contribution in [3.63, 3.8) is 0 Å². The fraction of sp³-hybridized carbons (Fsp3) is 0.909. The molecular formula is C11H20O2. The highest BCUT2D eigenvalue weighted by molar-refractivity contribution is 5.72. The van der Waals surface area contributed by atoms with Crippen molar-refractivity contribution in [1.82, 2.24) is 0 Å². The average molecular weight is 184 g/mol. The molecule has 0 spiro atoms. The molecule has 1 fully saturated rings. The quantitative estimate of drug-likeness (QED) is 0.541. The molecule has 0 bridgehead atoms. The van der Waals surface area contributed by atoms with Gasteiger partial charge >= 0.3 is 5.97 Å². The first-order valence-corrected chi connectivity index (χ1v) is 5.15. The van der Waals surface area contributed by atoms with Crippen molar-refractivity contribution >= 4 is 5.97 Å². The number of esters is 1. The first kappa shape index (κ1) is 10.6.